The van der Waals surface area contributed by atoms with E-state index in [-0.39, 0.29) is 24.4 Å². The highest BCUT2D eigenvalue weighted by Gasteiger charge is 2.15. The van der Waals surface area contributed by atoms with Gasteiger partial charge in [0.1, 0.15) is 5.69 Å². The van der Waals surface area contributed by atoms with Crippen LogP contribution in [-0.4, -0.2) is 28.0 Å². The Hall–Kier alpha value is -1.07. The van der Waals surface area contributed by atoms with Gasteiger partial charge in [0, 0.05) is 25.8 Å². The second-order valence-corrected chi connectivity index (χ2v) is 4.46. The number of nitrogens with one attached hydrogen (secondary N) is 1. The standard InChI is InChI=1S/C11H20N4O.ClH/c1-8(2)4-9(5-12)14-11(16)10-6-15(3)7-13-10;/h6-9H,4-5,12H2,1-3H3,(H,14,16);1H. The Labute approximate surface area is 108 Å². The van der Waals surface area contributed by atoms with Crippen LogP contribution in [0, 0.1) is 5.92 Å². The summed E-state index contributed by atoms with van der Waals surface area (Å²) in [5, 5.41) is 2.89. The lowest BCUT2D eigenvalue weighted by Gasteiger charge is -2.17. The smallest absolute Gasteiger partial charge is 0.271 e. The van der Waals surface area contributed by atoms with Crippen LogP contribution in [0.15, 0.2) is 12.5 Å². The van der Waals surface area contributed by atoms with Crippen molar-refractivity contribution in [2.45, 2.75) is 26.3 Å². The largest absolute Gasteiger partial charge is 0.347 e. The van der Waals surface area contributed by atoms with Crippen molar-refractivity contribution >= 4 is 18.3 Å². The van der Waals surface area contributed by atoms with Crippen LogP contribution in [0.25, 0.3) is 0 Å². The van der Waals surface area contributed by atoms with Crippen molar-refractivity contribution < 1.29 is 4.79 Å². The van der Waals surface area contributed by atoms with E-state index in [0.29, 0.717) is 18.2 Å². The first-order chi connectivity index (χ1) is 7.52. The third kappa shape index (κ3) is 5.19. The van der Waals surface area contributed by atoms with E-state index in [2.05, 4.69) is 24.1 Å². The number of hydrogen-bond donors (Lipinski definition) is 2. The normalized spacial score (nSPS) is 12.1. The van der Waals surface area contributed by atoms with Gasteiger partial charge < -0.3 is 15.6 Å². The summed E-state index contributed by atoms with van der Waals surface area (Å²) in [5.41, 5.74) is 6.05. The molecule has 0 fully saturated rings. The number of imidazole rings is 1. The first kappa shape index (κ1) is 15.9. The van der Waals surface area contributed by atoms with Gasteiger partial charge in [-0.15, -0.1) is 12.4 Å². The number of hydrogen-bond acceptors (Lipinski definition) is 3. The third-order valence-electron chi connectivity index (χ3n) is 2.31. The van der Waals surface area contributed by atoms with Crippen LogP contribution in [0.5, 0.6) is 0 Å². The molecule has 1 atom stereocenters. The van der Waals surface area contributed by atoms with Gasteiger partial charge in [-0.05, 0) is 12.3 Å². The van der Waals surface area contributed by atoms with E-state index in [1.165, 1.54) is 0 Å². The van der Waals surface area contributed by atoms with Crippen molar-refractivity contribution in [2.75, 3.05) is 6.54 Å². The van der Waals surface area contributed by atoms with Gasteiger partial charge in [-0.25, -0.2) is 4.98 Å². The van der Waals surface area contributed by atoms with Gasteiger partial charge in [-0.3, -0.25) is 4.79 Å². The van der Waals surface area contributed by atoms with Gasteiger partial charge in [0.25, 0.3) is 5.91 Å². The second-order valence-electron chi connectivity index (χ2n) is 4.46. The zero-order valence-corrected chi connectivity index (χ0v) is 11.3. The van der Waals surface area contributed by atoms with Crippen LogP contribution >= 0.6 is 12.4 Å². The molecular weight excluding hydrogens is 240 g/mol. The van der Waals surface area contributed by atoms with E-state index in [4.69, 9.17) is 5.73 Å². The van der Waals surface area contributed by atoms with Gasteiger partial charge in [0.2, 0.25) is 0 Å². The van der Waals surface area contributed by atoms with Gasteiger partial charge in [-0.1, -0.05) is 13.8 Å². The fourth-order valence-corrected chi connectivity index (χ4v) is 1.57. The fraction of sp³-hybridized carbons (Fsp3) is 0.636. The summed E-state index contributed by atoms with van der Waals surface area (Å²) in [7, 11) is 1.83. The number of nitrogens with two attached hydrogens (primary N) is 1. The Morgan fingerprint density at radius 1 is 1.59 bits per heavy atom. The molecule has 0 aliphatic heterocycles. The number of aryl methyl sites for hydroxylation is 1. The van der Waals surface area contributed by atoms with Crippen LogP contribution in [0.3, 0.4) is 0 Å². The molecule has 1 aromatic rings. The number of amides is 1. The minimum absolute atomic E-state index is 0. The zero-order chi connectivity index (χ0) is 12.1. The Morgan fingerprint density at radius 2 is 2.24 bits per heavy atom. The highest BCUT2D eigenvalue weighted by atomic mass is 35.5. The predicted molar refractivity (Wildman–Crippen MR) is 70.2 cm³/mol. The quantitative estimate of drug-likeness (QED) is 0.828. The summed E-state index contributed by atoms with van der Waals surface area (Å²) in [6, 6.07) is 0.0227. The van der Waals surface area contributed by atoms with Crippen molar-refractivity contribution in [1.29, 1.82) is 0 Å². The molecule has 98 valence electrons. The van der Waals surface area contributed by atoms with Crippen molar-refractivity contribution in [1.82, 2.24) is 14.9 Å². The van der Waals surface area contributed by atoms with Gasteiger partial charge in [-0.2, -0.15) is 0 Å². The number of nitrogens with zero attached hydrogens (tertiary/aromatic N) is 2. The maximum atomic E-state index is 11.8. The maximum Gasteiger partial charge on any atom is 0.271 e. The van der Waals surface area contributed by atoms with Crippen molar-refractivity contribution in [2.24, 2.45) is 18.7 Å². The lowest BCUT2D eigenvalue weighted by atomic mass is 10.0. The molecule has 0 spiro atoms. The molecule has 6 heteroatoms. The van der Waals surface area contributed by atoms with E-state index >= 15 is 0 Å². The molecule has 1 rings (SSSR count). The molecule has 1 heterocycles. The average Bonchev–Trinajstić information content (AvgIpc) is 2.63. The molecule has 0 saturated heterocycles. The topological polar surface area (TPSA) is 72.9 Å². The highest BCUT2D eigenvalue weighted by Crippen LogP contribution is 2.04. The van der Waals surface area contributed by atoms with E-state index in [1.807, 2.05) is 7.05 Å². The zero-order valence-electron chi connectivity index (χ0n) is 10.5. The first-order valence-electron chi connectivity index (χ1n) is 5.51. The van der Waals surface area contributed by atoms with Crippen LogP contribution in [0.1, 0.15) is 30.8 Å². The average molecular weight is 261 g/mol. The van der Waals surface area contributed by atoms with Crippen LogP contribution in [0.2, 0.25) is 0 Å². The lowest BCUT2D eigenvalue weighted by Crippen LogP contribution is -2.41. The lowest BCUT2D eigenvalue weighted by molar-refractivity contribution is 0.0929. The summed E-state index contributed by atoms with van der Waals surface area (Å²) >= 11 is 0. The Morgan fingerprint density at radius 3 is 2.65 bits per heavy atom. The van der Waals surface area contributed by atoms with Gasteiger partial charge in [0.05, 0.1) is 6.33 Å². The van der Waals surface area contributed by atoms with E-state index < -0.39 is 0 Å². The third-order valence-corrected chi connectivity index (χ3v) is 2.31. The monoisotopic (exact) mass is 260 g/mol. The molecule has 0 bridgehead atoms. The predicted octanol–water partition coefficient (Wildman–Crippen LogP) is 0.945. The SMILES string of the molecule is CC(C)CC(CN)NC(=O)c1cn(C)cn1.Cl. The van der Waals surface area contributed by atoms with Crippen molar-refractivity contribution in [3.8, 4) is 0 Å². The Bertz CT molecular complexity index is 351. The summed E-state index contributed by atoms with van der Waals surface area (Å²) in [6.45, 7) is 4.67. The van der Waals surface area contributed by atoms with Gasteiger partial charge >= 0.3 is 0 Å². The molecule has 0 radical (unpaired) electrons. The fourth-order valence-electron chi connectivity index (χ4n) is 1.57. The van der Waals surface area contributed by atoms with Crippen LogP contribution in [-0.2, 0) is 7.05 Å². The molecule has 0 saturated carbocycles. The molecule has 1 unspecified atom stereocenters. The summed E-state index contributed by atoms with van der Waals surface area (Å²) in [4.78, 5) is 15.8. The minimum Gasteiger partial charge on any atom is -0.347 e. The second kappa shape index (κ2) is 7.29. The molecule has 0 aliphatic rings. The first-order valence-corrected chi connectivity index (χ1v) is 5.51. The molecule has 0 aromatic carbocycles. The summed E-state index contributed by atoms with van der Waals surface area (Å²) in [5.74, 6) is 0.356. The number of aromatic nitrogens is 2. The molecule has 3 N–H and O–H groups in total. The summed E-state index contributed by atoms with van der Waals surface area (Å²) < 4.78 is 1.74. The number of carbonyl (C=O) groups excluding carboxylic acids is 1. The molecule has 1 amide bonds. The van der Waals surface area contributed by atoms with Crippen LogP contribution < -0.4 is 11.1 Å². The molecule has 0 aliphatic carbocycles. The maximum absolute atomic E-state index is 11.8. The van der Waals surface area contributed by atoms with E-state index in [0.717, 1.165) is 6.42 Å². The molecule has 5 nitrogen and oxygen atoms in total. The van der Waals surface area contributed by atoms with E-state index in [9.17, 15) is 4.79 Å². The van der Waals surface area contributed by atoms with Crippen molar-refractivity contribution in [3.63, 3.8) is 0 Å². The summed E-state index contributed by atoms with van der Waals surface area (Å²) in [6.07, 6.45) is 4.18. The highest BCUT2D eigenvalue weighted by molar-refractivity contribution is 5.92. The van der Waals surface area contributed by atoms with E-state index in [1.54, 1.807) is 17.1 Å². The Balaban J connectivity index is 0.00000256. The van der Waals surface area contributed by atoms with Gasteiger partial charge in [0.15, 0.2) is 0 Å². The van der Waals surface area contributed by atoms with Crippen molar-refractivity contribution in [3.05, 3.63) is 18.2 Å². The molecule has 17 heavy (non-hydrogen) atoms. The minimum atomic E-state index is -0.156. The molecular formula is C11H21ClN4O. The molecule has 1 aromatic heterocycles. The number of rotatable bonds is 5. The number of carbonyl (C=O) groups is 1. The van der Waals surface area contributed by atoms with Crippen LogP contribution in [0.4, 0.5) is 0 Å². The number of halogens is 1. The Kier molecular flexibility index (Phi) is 6.83.